The van der Waals surface area contributed by atoms with E-state index in [1.807, 2.05) is 11.8 Å². The summed E-state index contributed by atoms with van der Waals surface area (Å²) in [4.78, 5) is 8.25. The van der Waals surface area contributed by atoms with Gasteiger partial charge in [-0.05, 0) is 19.1 Å². The van der Waals surface area contributed by atoms with Gasteiger partial charge in [-0.15, -0.1) is 0 Å². The molecule has 0 spiro atoms. The van der Waals surface area contributed by atoms with Crippen LogP contribution in [0.3, 0.4) is 0 Å². The molecule has 0 atom stereocenters. The van der Waals surface area contributed by atoms with Crippen molar-refractivity contribution in [3.8, 4) is 0 Å². The topological polar surface area (TPSA) is 47.0 Å². The molecule has 1 aromatic heterocycles. The molecule has 1 aromatic rings. The molecule has 0 bridgehead atoms. The number of rotatable bonds is 4. The van der Waals surface area contributed by atoms with Crippen LogP contribution in [0.15, 0.2) is 18.6 Å². The van der Waals surface area contributed by atoms with Crippen LogP contribution in [0, 0.1) is 0 Å². The van der Waals surface area contributed by atoms with Crippen molar-refractivity contribution >= 4 is 17.6 Å². The number of hydrogen-bond donors (Lipinski definition) is 1. The first kappa shape index (κ1) is 11.7. The first-order valence-corrected chi connectivity index (χ1v) is 6.70. The molecular weight excluding hydrogens is 222 g/mol. The van der Waals surface area contributed by atoms with Gasteiger partial charge < -0.3 is 10.1 Å². The molecule has 88 valence electrons. The predicted octanol–water partition coefficient (Wildman–Crippen LogP) is 1.80. The van der Waals surface area contributed by atoms with E-state index in [2.05, 4.69) is 21.5 Å². The zero-order valence-electron chi connectivity index (χ0n) is 9.48. The Morgan fingerprint density at radius 2 is 2.25 bits per heavy atom. The van der Waals surface area contributed by atoms with Gasteiger partial charge in [0.25, 0.3) is 0 Å². The fraction of sp³-hybridized carbons (Fsp3) is 0.636. The summed E-state index contributed by atoms with van der Waals surface area (Å²) < 4.78 is 5.70. The Hall–Kier alpha value is -0.810. The smallest absolute Gasteiger partial charge is 0.144 e. The van der Waals surface area contributed by atoms with E-state index in [1.165, 1.54) is 0 Å². The third-order valence-electron chi connectivity index (χ3n) is 2.99. The normalized spacial score (nSPS) is 19.3. The first-order chi connectivity index (χ1) is 7.85. The largest absolute Gasteiger partial charge is 0.381 e. The average molecular weight is 239 g/mol. The van der Waals surface area contributed by atoms with E-state index in [9.17, 15) is 0 Å². The Morgan fingerprint density at radius 3 is 2.88 bits per heavy atom. The number of nitrogens with one attached hydrogen (secondary N) is 1. The Labute approximate surface area is 100 Å². The predicted molar refractivity (Wildman–Crippen MR) is 66.8 cm³/mol. The number of nitrogens with zero attached hydrogens (tertiary/aromatic N) is 2. The SMILES string of the molecule is CSC1(CNc2cnccn2)CCOCC1. The molecule has 4 nitrogen and oxygen atoms in total. The summed E-state index contributed by atoms with van der Waals surface area (Å²) in [6.07, 6.45) is 9.52. The van der Waals surface area contributed by atoms with Gasteiger partial charge in [-0.25, -0.2) is 4.98 Å². The monoisotopic (exact) mass is 239 g/mol. The Morgan fingerprint density at radius 1 is 1.44 bits per heavy atom. The molecule has 0 amide bonds. The molecule has 16 heavy (non-hydrogen) atoms. The maximum Gasteiger partial charge on any atom is 0.144 e. The summed E-state index contributed by atoms with van der Waals surface area (Å²) in [6, 6.07) is 0. The summed E-state index contributed by atoms with van der Waals surface area (Å²) in [5.41, 5.74) is 0. The second kappa shape index (κ2) is 5.50. The Kier molecular flexibility index (Phi) is 4.01. The zero-order valence-corrected chi connectivity index (χ0v) is 10.3. The zero-order chi connectivity index (χ0) is 11.3. The minimum Gasteiger partial charge on any atom is -0.381 e. The van der Waals surface area contributed by atoms with Gasteiger partial charge >= 0.3 is 0 Å². The molecule has 1 saturated heterocycles. The van der Waals surface area contributed by atoms with Crippen LogP contribution >= 0.6 is 11.8 Å². The van der Waals surface area contributed by atoms with Crippen molar-refractivity contribution in [3.05, 3.63) is 18.6 Å². The van der Waals surface area contributed by atoms with Crippen molar-refractivity contribution in [1.82, 2.24) is 9.97 Å². The molecule has 0 aromatic carbocycles. The van der Waals surface area contributed by atoms with Gasteiger partial charge in [0.05, 0.1) is 6.20 Å². The van der Waals surface area contributed by atoms with Crippen molar-refractivity contribution in [3.63, 3.8) is 0 Å². The summed E-state index contributed by atoms with van der Waals surface area (Å²) in [5.74, 6) is 0.849. The van der Waals surface area contributed by atoms with Crippen LogP contribution < -0.4 is 5.32 Å². The quantitative estimate of drug-likeness (QED) is 0.868. The number of thioether (sulfide) groups is 1. The fourth-order valence-corrected chi connectivity index (χ4v) is 2.63. The van der Waals surface area contributed by atoms with Crippen LogP contribution in [0.5, 0.6) is 0 Å². The maximum atomic E-state index is 5.41. The molecule has 5 heteroatoms. The molecule has 2 rings (SSSR count). The van der Waals surface area contributed by atoms with E-state index in [-0.39, 0.29) is 4.75 Å². The van der Waals surface area contributed by atoms with Gasteiger partial charge in [0.2, 0.25) is 0 Å². The van der Waals surface area contributed by atoms with Gasteiger partial charge in [-0.2, -0.15) is 11.8 Å². The number of hydrogen-bond acceptors (Lipinski definition) is 5. The van der Waals surface area contributed by atoms with E-state index in [0.29, 0.717) is 0 Å². The summed E-state index contributed by atoms with van der Waals surface area (Å²) in [6.45, 7) is 2.65. The van der Waals surface area contributed by atoms with E-state index < -0.39 is 0 Å². The van der Waals surface area contributed by atoms with Crippen molar-refractivity contribution in [2.75, 3.05) is 31.3 Å². The maximum absolute atomic E-state index is 5.41. The molecule has 1 aliphatic heterocycles. The highest BCUT2D eigenvalue weighted by molar-refractivity contribution is 8.00. The van der Waals surface area contributed by atoms with Crippen LogP contribution in [0.4, 0.5) is 5.82 Å². The Balaban J connectivity index is 1.92. The highest BCUT2D eigenvalue weighted by Crippen LogP contribution is 2.33. The summed E-state index contributed by atoms with van der Waals surface area (Å²) in [5, 5.41) is 3.36. The van der Waals surface area contributed by atoms with Crippen LogP contribution in [0.2, 0.25) is 0 Å². The van der Waals surface area contributed by atoms with Crippen LogP contribution in [-0.2, 0) is 4.74 Å². The molecular formula is C11H17N3OS. The number of ether oxygens (including phenoxy) is 1. The summed E-state index contributed by atoms with van der Waals surface area (Å²) in [7, 11) is 0. The van der Waals surface area contributed by atoms with Crippen molar-refractivity contribution in [2.45, 2.75) is 17.6 Å². The lowest BCUT2D eigenvalue weighted by Gasteiger charge is -2.35. The number of anilines is 1. The Bertz CT molecular complexity index is 314. The highest BCUT2D eigenvalue weighted by atomic mass is 32.2. The van der Waals surface area contributed by atoms with E-state index in [1.54, 1.807) is 18.6 Å². The third kappa shape index (κ3) is 2.86. The lowest BCUT2D eigenvalue weighted by Crippen LogP contribution is -2.39. The molecule has 0 aliphatic carbocycles. The average Bonchev–Trinajstić information content (AvgIpc) is 2.39. The van der Waals surface area contributed by atoms with Gasteiger partial charge in [-0.3, -0.25) is 4.98 Å². The van der Waals surface area contributed by atoms with Gasteiger partial charge in [0.15, 0.2) is 0 Å². The highest BCUT2D eigenvalue weighted by Gasteiger charge is 2.31. The molecule has 1 fully saturated rings. The second-order valence-electron chi connectivity index (χ2n) is 3.94. The fourth-order valence-electron chi connectivity index (χ4n) is 1.84. The van der Waals surface area contributed by atoms with E-state index >= 15 is 0 Å². The minimum absolute atomic E-state index is 0.287. The first-order valence-electron chi connectivity index (χ1n) is 5.47. The molecule has 0 unspecified atom stereocenters. The molecule has 1 N–H and O–H groups in total. The van der Waals surface area contributed by atoms with Gasteiger partial charge in [0.1, 0.15) is 5.82 Å². The molecule has 0 radical (unpaired) electrons. The lowest BCUT2D eigenvalue weighted by molar-refractivity contribution is 0.0802. The molecule has 2 heterocycles. The van der Waals surface area contributed by atoms with Crippen molar-refractivity contribution < 1.29 is 4.74 Å². The van der Waals surface area contributed by atoms with Crippen molar-refractivity contribution in [1.29, 1.82) is 0 Å². The lowest BCUT2D eigenvalue weighted by atomic mass is 9.99. The van der Waals surface area contributed by atoms with E-state index in [0.717, 1.165) is 38.4 Å². The van der Waals surface area contributed by atoms with Gasteiger partial charge in [0, 0.05) is 36.9 Å². The van der Waals surface area contributed by atoms with Crippen LogP contribution in [-0.4, -0.2) is 40.7 Å². The summed E-state index contributed by atoms with van der Waals surface area (Å²) >= 11 is 1.92. The van der Waals surface area contributed by atoms with Crippen LogP contribution in [0.25, 0.3) is 0 Å². The molecule has 1 aliphatic rings. The standard InChI is InChI=1S/C11H17N3OS/c1-16-11(2-6-15-7-3-11)9-14-10-8-12-4-5-13-10/h4-5,8H,2-3,6-7,9H2,1H3,(H,13,14). The third-order valence-corrected chi connectivity index (χ3v) is 4.41. The van der Waals surface area contributed by atoms with E-state index in [4.69, 9.17) is 4.74 Å². The minimum atomic E-state index is 0.287. The van der Waals surface area contributed by atoms with Gasteiger partial charge in [-0.1, -0.05) is 0 Å². The number of aromatic nitrogens is 2. The van der Waals surface area contributed by atoms with Crippen molar-refractivity contribution in [2.24, 2.45) is 0 Å². The molecule has 0 saturated carbocycles. The van der Waals surface area contributed by atoms with Crippen LogP contribution in [0.1, 0.15) is 12.8 Å². The second-order valence-corrected chi connectivity index (χ2v) is 5.22.